The Morgan fingerprint density at radius 3 is 2.50 bits per heavy atom. The third-order valence-electron chi connectivity index (χ3n) is 5.03. The molecule has 0 saturated carbocycles. The molecule has 0 atom stereocenters. The van der Waals surface area contributed by atoms with Gasteiger partial charge in [-0.2, -0.15) is 5.10 Å². The monoisotopic (exact) mass is 393 g/mol. The summed E-state index contributed by atoms with van der Waals surface area (Å²) in [6.45, 7) is 7.09. The number of anilines is 1. The lowest BCUT2D eigenvalue weighted by Gasteiger charge is -2.36. The molecule has 152 valence electrons. The minimum Gasteiger partial charge on any atom is -0.496 e. The Bertz CT molecular complexity index is 879. The van der Waals surface area contributed by atoms with E-state index in [1.807, 2.05) is 24.9 Å². The maximum absolute atomic E-state index is 12.4. The molecular weight excluding hydrogens is 368 g/mol. The third kappa shape index (κ3) is 4.46. The number of aromatic nitrogens is 3. The summed E-state index contributed by atoms with van der Waals surface area (Å²) in [6, 6.07) is 1.38. The van der Waals surface area contributed by atoms with Crippen LogP contribution in [0.4, 0.5) is 14.5 Å². The van der Waals surface area contributed by atoms with Crippen LogP contribution in [-0.2, 0) is 13.1 Å². The molecule has 28 heavy (non-hydrogen) atoms. The van der Waals surface area contributed by atoms with Crippen molar-refractivity contribution in [2.24, 2.45) is 0 Å². The van der Waals surface area contributed by atoms with Gasteiger partial charge in [0.05, 0.1) is 24.7 Å². The summed E-state index contributed by atoms with van der Waals surface area (Å²) < 4.78 is 31.2. The highest BCUT2D eigenvalue weighted by Gasteiger charge is 2.20. The van der Waals surface area contributed by atoms with Gasteiger partial charge in [0.1, 0.15) is 12.3 Å². The van der Waals surface area contributed by atoms with Gasteiger partial charge in [-0.05, 0) is 13.8 Å². The molecule has 0 aromatic carbocycles. The zero-order chi connectivity index (χ0) is 20.3. The highest BCUT2D eigenvalue weighted by atomic mass is 19.3. The number of piperazine rings is 1. The van der Waals surface area contributed by atoms with Gasteiger partial charge in [0.15, 0.2) is 0 Å². The van der Waals surface area contributed by atoms with Crippen LogP contribution in [0.3, 0.4) is 0 Å². The number of pyridine rings is 1. The first-order valence-corrected chi connectivity index (χ1v) is 9.20. The third-order valence-corrected chi connectivity index (χ3v) is 5.03. The fourth-order valence-corrected chi connectivity index (χ4v) is 3.47. The number of halogens is 2. The molecule has 0 radical (unpaired) electrons. The zero-order valence-electron chi connectivity index (χ0n) is 16.4. The first kappa shape index (κ1) is 20.2. The van der Waals surface area contributed by atoms with Crippen molar-refractivity contribution in [1.82, 2.24) is 19.7 Å². The zero-order valence-corrected chi connectivity index (χ0v) is 16.4. The molecule has 1 fully saturated rings. The van der Waals surface area contributed by atoms with Gasteiger partial charge in [0, 0.05) is 56.1 Å². The highest BCUT2D eigenvalue weighted by molar-refractivity contribution is 5.44. The van der Waals surface area contributed by atoms with Crippen LogP contribution >= 0.6 is 0 Å². The summed E-state index contributed by atoms with van der Waals surface area (Å²) >= 11 is 0. The van der Waals surface area contributed by atoms with E-state index in [4.69, 9.17) is 4.74 Å². The van der Waals surface area contributed by atoms with E-state index in [0.717, 1.165) is 60.0 Å². The fraction of sp³-hybridized carbons (Fsp3) is 0.526. The van der Waals surface area contributed by atoms with Crippen LogP contribution in [0.25, 0.3) is 0 Å². The van der Waals surface area contributed by atoms with Crippen LogP contribution < -0.4 is 15.2 Å². The van der Waals surface area contributed by atoms with Gasteiger partial charge >= 0.3 is 0 Å². The quantitative estimate of drug-likeness (QED) is 0.747. The predicted molar refractivity (Wildman–Crippen MR) is 102 cm³/mol. The summed E-state index contributed by atoms with van der Waals surface area (Å²) in [4.78, 5) is 20.9. The SMILES string of the molecule is COc1c(C)cnc(CN2CCN(c3cnn(CC(F)F)c(=O)c3)CC2)c1C. The van der Waals surface area contributed by atoms with E-state index < -0.39 is 18.5 Å². The van der Waals surface area contributed by atoms with E-state index in [-0.39, 0.29) is 0 Å². The van der Waals surface area contributed by atoms with Crippen molar-refractivity contribution in [2.75, 3.05) is 38.2 Å². The first-order chi connectivity index (χ1) is 13.4. The first-order valence-electron chi connectivity index (χ1n) is 9.20. The molecule has 2 aromatic heterocycles. The maximum Gasteiger partial charge on any atom is 0.269 e. The molecule has 1 aliphatic rings. The Morgan fingerprint density at radius 2 is 1.89 bits per heavy atom. The normalized spacial score (nSPS) is 15.3. The van der Waals surface area contributed by atoms with Crippen LogP contribution in [0.5, 0.6) is 5.75 Å². The Hall–Kier alpha value is -2.55. The Labute approximate surface area is 162 Å². The number of ether oxygens (including phenoxy) is 1. The largest absolute Gasteiger partial charge is 0.496 e. The van der Waals surface area contributed by atoms with Crippen LogP contribution in [0.1, 0.15) is 16.8 Å². The Balaban J connectivity index is 1.62. The van der Waals surface area contributed by atoms with Crippen molar-refractivity contribution in [3.8, 4) is 5.75 Å². The van der Waals surface area contributed by atoms with Crippen molar-refractivity contribution in [3.63, 3.8) is 0 Å². The van der Waals surface area contributed by atoms with E-state index in [1.165, 1.54) is 12.3 Å². The average molecular weight is 393 g/mol. The van der Waals surface area contributed by atoms with Gasteiger partial charge in [0.2, 0.25) is 0 Å². The predicted octanol–water partition coefficient (Wildman–Crippen LogP) is 1.85. The molecule has 0 amide bonds. The molecule has 9 heteroatoms. The number of nitrogens with zero attached hydrogens (tertiary/aromatic N) is 5. The lowest BCUT2D eigenvalue weighted by Crippen LogP contribution is -2.46. The van der Waals surface area contributed by atoms with Crippen LogP contribution in [0.2, 0.25) is 0 Å². The van der Waals surface area contributed by atoms with Gasteiger partial charge < -0.3 is 9.64 Å². The van der Waals surface area contributed by atoms with Crippen LogP contribution in [-0.4, -0.2) is 59.4 Å². The Kier molecular flexibility index (Phi) is 6.23. The van der Waals surface area contributed by atoms with Crippen molar-refractivity contribution in [2.45, 2.75) is 33.4 Å². The van der Waals surface area contributed by atoms with E-state index in [1.54, 1.807) is 7.11 Å². The average Bonchev–Trinajstić information content (AvgIpc) is 2.66. The Morgan fingerprint density at radius 1 is 1.18 bits per heavy atom. The molecule has 0 bridgehead atoms. The number of alkyl halides is 2. The molecular formula is C19H25F2N5O2. The maximum atomic E-state index is 12.4. The summed E-state index contributed by atoms with van der Waals surface area (Å²) in [6.07, 6.45) is 0.713. The molecule has 7 nitrogen and oxygen atoms in total. The van der Waals surface area contributed by atoms with Crippen molar-refractivity contribution < 1.29 is 13.5 Å². The lowest BCUT2D eigenvalue weighted by atomic mass is 10.1. The van der Waals surface area contributed by atoms with E-state index in [9.17, 15) is 13.6 Å². The molecule has 3 heterocycles. The van der Waals surface area contributed by atoms with E-state index >= 15 is 0 Å². The van der Waals surface area contributed by atoms with Gasteiger partial charge in [0.25, 0.3) is 12.0 Å². The second-order valence-electron chi connectivity index (χ2n) is 6.93. The minimum absolute atomic E-state index is 0.508. The summed E-state index contributed by atoms with van der Waals surface area (Å²) in [5, 5.41) is 3.86. The van der Waals surface area contributed by atoms with Gasteiger partial charge in [-0.25, -0.2) is 13.5 Å². The second kappa shape index (κ2) is 8.64. The van der Waals surface area contributed by atoms with Crippen LogP contribution in [0, 0.1) is 13.8 Å². The second-order valence-corrected chi connectivity index (χ2v) is 6.93. The smallest absolute Gasteiger partial charge is 0.269 e. The van der Waals surface area contributed by atoms with Crippen molar-refractivity contribution in [1.29, 1.82) is 0 Å². The minimum atomic E-state index is -2.60. The molecule has 2 aromatic rings. The molecule has 0 aliphatic carbocycles. The molecule has 1 aliphatic heterocycles. The number of aryl methyl sites for hydroxylation is 1. The van der Waals surface area contributed by atoms with Gasteiger partial charge in [-0.15, -0.1) is 0 Å². The van der Waals surface area contributed by atoms with Crippen molar-refractivity contribution >= 4 is 5.69 Å². The van der Waals surface area contributed by atoms with Crippen molar-refractivity contribution in [3.05, 3.63) is 45.6 Å². The summed E-state index contributed by atoms with van der Waals surface area (Å²) in [5.74, 6) is 0.874. The van der Waals surface area contributed by atoms with Gasteiger partial charge in [-0.1, -0.05) is 0 Å². The molecule has 0 spiro atoms. The number of methoxy groups -OCH3 is 1. The molecule has 3 rings (SSSR count). The number of hydrogen-bond donors (Lipinski definition) is 0. The number of rotatable bonds is 6. The van der Waals surface area contributed by atoms with E-state index in [2.05, 4.69) is 15.0 Å². The van der Waals surface area contributed by atoms with Crippen LogP contribution in [0.15, 0.2) is 23.3 Å². The highest BCUT2D eigenvalue weighted by Crippen LogP contribution is 2.25. The fourth-order valence-electron chi connectivity index (χ4n) is 3.47. The standard InChI is InChI=1S/C19H25F2N5O2/c1-13-9-22-16(14(2)19(13)28-3)11-24-4-6-25(7-5-24)15-8-18(27)26(23-10-15)12-17(20)21/h8-10,17H,4-7,11-12H2,1-3H3. The van der Waals surface area contributed by atoms with Gasteiger partial charge in [-0.3, -0.25) is 14.7 Å². The topological polar surface area (TPSA) is 63.5 Å². The lowest BCUT2D eigenvalue weighted by molar-refractivity contribution is 0.119. The van der Waals surface area contributed by atoms with E-state index in [0.29, 0.717) is 5.69 Å². The number of hydrogen-bond acceptors (Lipinski definition) is 6. The summed E-state index contributed by atoms with van der Waals surface area (Å²) in [5.41, 5.74) is 3.22. The molecule has 0 N–H and O–H groups in total. The molecule has 0 unspecified atom stereocenters. The molecule has 1 saturated heterocycles. The summed E-state index contributed by atoms with van der Waals surface area (Å²) in [7, 11) is 1.67.